The first-order valence-electron chi connectivity index (χ1n) is 11.8. The average Bonchev–Trinajstić information content (AvgIpc) is 3.57. The number of carbonyl (C=O) groups is 1. The van der Waals surface area contributed by atoms with Crippen molar-refractivity contribution in [1.82, 2.24) is 35.3 Å². The molecule has 0 radical (unpaired) electrons. The molecule has 0 spiro atoms. The lowest BCUT2D eigenvalue weighted by atomic mass is 10.1. The zero-order valence-electron chi connectivity index (χ0n) is 20.2. The van der Waals surface area contributed by atoms with E-state index in [4.69, 9.17) is 19.4 Å². The van der Waals surface area contributed by atoms with Gasteiger partial charge in [-0.1, -0.05) is 30.8 Å². The number of aromatic amines is 1. The van der Waals surface area contributed by atoms with Gasteiger partial charge in [-0.25, -0.2) is 14.6 Å². The Morgan fingerprint density at radius 3 is 2.92 bits per heavy atom. The number of ether oxygens (including phenoxy) is 2. The smallest absolute Gasteiger partial charge is 0.269 e. The number of fused-ring (bicyclic) bond motifs is 1. The topological polar surface area (TPSA) is 123 Å². The number of anilines is 1. The van der Waals surface area contributed by atoms with Crippen LogP contribution in [0, 0.1) is 0 Å². The Kier molecular flexibility index (Phi) is 7.33. The summed E-state index contributed by atoms with van der Waals surface area (Å²) in [5.74, 6) is 2.25. The number of nitrogens with zero attached hydrogens (tertiary/aromatic N) is 6. The van der Waals surface area contributed by atoms with Gasteiger partial charge in [0, 0.05) is 25.2 Å². The molecule has 4 heterocycles. The molecule has 0 unspecified atom stereocenters. The lowest BCUT2D eigenvalue weighted by Gasteiger charge is -2.28. The summed E-state index contributed by atoms with van der Waals surface area (Å²) in [5.41, 5.74) is 2.69. The van der Waals surface area contributed by atoms with Gasteiger partial charge in [-0.15, -0.1) is 0 Å². The van der Waals surface area contributed by atoms with Crippen LogP contribution in [-0.4, -0.2) is 81.6 Å². The molecule has 0 aliphatic carbocycles. The molecule has 36 heavy (non-hydrogen) atoms. The molecule has 0 saturated carbocycles. The summed E-state index contributed by atoms with van der Waals surface area (Å²) in [5, 5.41) is 16.2. The van der Waals surface area contributed by atoms with Crippen LogP contribution in [0.3, 0.4) is 0 Å². The summed E-state index contributed by atoms with van der Waals surface area (Å²) < 4.78 is 12.6. The maximum absolute atomic E-state index is 12.7. The maximum atomic E-state index is 12.7. The molecule has 1 aliphatic rings. The van der Waals surface area contributed by atoms with Crippen LogP contribution in [-0.2, 0) is 11.3 Å². The van der Waals surface area contributed by atoms with E-state index in [1.165, 1.54) is 0 Å². The second-order valence-electron chi connectivity index (χ2n) is 8.12. The number of morpholine rings is 1. The fourth-order valence-electron chi connectivity index (χ4n) is 4.03. The zero-order valence-corrected chi connectivity index (χ0v) is 21.0. The molecule has 4 aromatic rings. The lowest BCUT2D eigenvalue weighted by molar-refractivity contribution is 0.0947. The number of H-pyrrole nitrogens is 1. The normalized spacial score (nSPS) is 13.8. The third-order valence-corrected chi connectivity index (χ3v) is 6.57. The first-order chi connectivity index (χ1) is 17.7. The molecule has 2 N–H and O–H groups in total. The van der Waals surface area contributed by atoms with E-state index >= 15 is 0 Å². The van der Waals surface area contributed by atoms with Crippen LogP contribution in [0.1, 0.15) is 17.4 Å². The molecule has 5 rings (SSSR count). The predicted octanol–water partition coefficient (Wildman–Crippen LogP) is 2.60. The number of thioether (sulfide) groups is 1. The molecular weight excluding hydrogens is 480 g/mol. The van der Waals surface area contributed by atoms with E-state index in [1.54, 1.807) is 31.1 Å². The molecule has 1 aromatic carbocycles. The Morgan fingerprint density at radius 2 is 2.11 bits per heavy atom. The van der Waals surface area contributed by atoms with Crippen LogP contribution in [0.15, 0.2) is 41.7 Å². The molecule has 11 nitrogen and oxygen atoms in total. The summed E-state index contributed by atoms with van der Waals surface area (Å²) >= 11 is 1.60. The van der Waals surface area contributed by atoms with Crippen molar-refractivity contribution in [1.29, 1.82) is 0 Å². The highest BCUT2D eigenvalue weighted by atomic mass is 32.2. The monoisotopic (exact) mass is 508 g/mol. The van der Waals surface area contributed by atoms with E-state index in [0.717, 1.165) is 52.2 Å². The highest BCUT2D eigenvalue weighted by molar-refractivity contribution is 7.99. The van der Waals surface area contributed by atoms with Crippen molar-refractivity contribution in [3.8, 4) is 17.0 Å². The Labute approximate surface area is 212 Å². The number of aromatic nitrogens is 6. The van der Waals surface area contributed by atoms with Crippen LogP contribution in [0.2, 0.25) is 0 Å². The van der Waals surface area contributed by atoms with Gasteiger partial charge >= 0.3 is 0 Å². The van der Waals surface area contributed by atoms with Crippen molar-refractivity contribution >= 4 is 34.5 Å². The minimum atomic E-state index is -0.237. The van der Waals surface area contributed by atoms with Crippen molar-refractivity contribution in [2.75, 3.05) is 50.6 Å². The Hall–Kier alpha value is -3.64. The van der Waals surface area contributed by atoms with Crippen molar-refractivity contribution in [3.05, 3.63) is 42.2 Å². The van der Waals surface area contributed by atoms with Gasteiger partial charge in [-0.3, -0.25) is 9.89 Å². The number of hydrogen-bond acceptors (Lipinski definition) is 9. The minimum Gasteiger partial charge on any atom is -0.497 e. The summed E-state index contributed by atoms with van der Waals surface area (Å²) in [7, 11) is 1.62. The Bertz CT molecular complexity index is 1350. The number of rotatable bonds is 9. The van der Waals surface area contributed by atoms with E-state index in [2.05, 4.69) is 32.4 Å². The molecule has 12 heteroatoms. The average molecular weight is 509 g/mol. The van der Waals surface area contributed by atoms with Crippen LogP contribution in [0.4, 0.5) is 5.82 Å². The molecule has 3 aromatic heterocycles. The molecule has 188 valence electrons. The number of hydrogen-bond donors (Lipinski definition) is 2. The largest absolute Gasteiger partial charge is 0.497 e. The number of benzene rings is 1. The summed E-state index contributed by atoms with van der Waals surface area (Å²) in [6, 6.07) is 9.26. The minimum absolute atomic E-state index is 0.237. The molecule has 1 aliphatic heterocycles. The van der Waals surface area contributed by atoms with E-state index in [9.17, 15) is 4.79 Å². The van der Waals surface area contributed by atoms with Crippen molar-refractivity contribution in [2.45, 2.75) is 18.6 Å². The van der Waals surface area contributed by atoms with Crippen LogP contribution in [0.25, 0.3) is 22.3 Å². The maximum Gasteiger partial charge on any atom is 0.269 e. The van der Waals surface area contributed by atoms with Gasteiger partial charge in [-0.05, 0) is 24.0 Å². The first kappa shape index (κ1) is 24.1. The second-order valence-corrected chi connectivity index (χ2v) is 9.35. The molecule has 1 amide bonds. The van der Waals surface area contributed by atoms with Crippen molar-refractivity contribution < 1.29 is 14.3 Å². The highest BCUT2D eigenvalue weighted by Crippen LogP contribution is 2.28. The molecule has 0 atom stereocenters. The third-order valence-electron chi connectivity index (χ3n) is 5.84. The van der Waals surface area contributed by atoms with E-state index < -0.39 is 0 Å². The molecule has 1 fully saturated rings. The third kappa shape index (κ3) is 5.14. The van der Waals surface area contributed by atoms with Crippen LogP contribution < -0.4 is 15.0 Å². The van der Waals surface area contributed by atoms with Gasteiger partial charge < -0.3 is 19.7 Å². The van der Waals surface area contributed by atoms with Crippen molar-refractivity contribution in [2.24, 2.45) is 0 Å². The summed E-state index contributed by atoms with van der Waals surface area (Å²) in [4.78, 5) is 24.5. The lowest BCUT2D eigenvalue weighted by Crippen LogP contribution is -2.37. The first-order valence-corrected chi connectivity index (χ1v) is 12.8. The SMILES string of the molecule is CCSc1nc(N2CCOCC2)c2cnn(CCNC(=O)c3cc(-c4cccc(OC)c4)n[nH]3)c2n1. The van der Waals surface area contributed by atoms with Crippen LogP contribution >= 0.6 is 11.8 Å². The quantitative estimate of drug-likeness (QED) is 0.259. The molecule has 0 bridgehead atoms. The van der Waals surface area contributed by atoms with E-state index in [-0.39, 0.29) is 5.91 Å². The van der Waals surface area contributed by atoms with Gasteiger partial charge in [0.15, 0.2) is 10.8 Å². The molecular formula is C24H28N8O3S. The highest BCUT2D eigenvalue weighted by Gasteiger charge is 2.20. The standard InChI is InChI=1S/C24H28N8O3S/c1-3-36-24-27-21(31-9-11-35-12-10-31)18-15-26-32(22(18)28-24)8-7-25-23(33)20-14-19(29-30-20)16-5-4-6-17(13-16)34-2/h4-6,13-15H,3,7-12H2,1-2H3,(H,25,33)(H,29,30). The van der Waals surface area contributed by atoms with E-state index in [0.29, 0.717) is 37.7 Å². The van der Waals surface area contributed by atoms with E-state index in [1.807, 2.05) is 28.9 Å². The predicted molar refractivity (Wildman–Crippen MR) is 138 cm³/mol. The molecule has 1 saturated heterocycles. The summed E-state index contributed by atoms with van der Waals surface area (Å²) in [6.45, 7) is 5.86. The van der Waals surface area contributed by atoms with Gasteiger partial charge in [0.25, 0.3) is 5.91 Å². The van der Waals surface area contributed by atoms with Gasteiger partial charge in [0.2, 0.25) is 0 Å². The number of carbonyl (C=O) groups excluding carboxylic acids is 1. The van der Waals surface area contributed by atoms with Crippen LogP contribution in [0.5, 0.6) is 5.75 Å². The number of nitrogens with one attached hydrogen (secondary N) is 2. The Balaban J connectivity index is 1.28. The second kappa shape index (κ2) is 11.0. The van der Waals surface area contributed by atoms with Crippen molar-refractivity contribution in [3.63, 3.8) is 0 Å². The van der Waals surface area contributed by atoms with Gasteiger partial charge in [0.1, 0.15) is 17.3 Å². The fourth-order valence-corrected chi connectivity index (χ4v) is 4.59. The van der Waals surface area contributed by atoms with Gasteiger partial charge in [-0.2, -0.15) is 10.2 Å². The fraction of sp³-hybridized carbons (Fsp3) is 0.375. The zero-order chi connectivity index (χ0) is 24.9. The number of amides is 1. The Morgan fingerprint density at radius 1 is 1.25 bits per heavy atom. The van der Waals surface area contributed by atoms with Gasteiger partial charge in [0.05, 0.1) is 44.1 Å². The summed E-state index contributed by atoms with van der Waals surface area (Å²) in [6.07, 6.45) is 1.80. The number of methoxy groups -OCH3 is 1.